The smallest absolute Gasteiger partial charge is 0.166 e. The van der Waals surface area contributed by atoms with Crippen LogP contribution in [0.15, 0.2) is 12.4 Å². The van der Waals surface area contributed by atoms with E-state index < -0.39 is 0 Å². The molecule has 2 heterocycles. The molecule has 0 unspecified atom stereocenters. The van der Waals surface area contributed by atoms with Crippen molar-refractivity contribution in [2.75, 3.05) is 0 Å². The summed E-state index contributed by atoms with van der Waals surface area (Å²) < 4.78 is 3.91. The van der Waals surface area contributed by atoms with Crippen molar-refractivity contribution in [3.63, 3.8) is 0 Å². The highest BCUT2D eigenvalue weighted by Gasteiger charge is 2.17. The van der Waals surface area contributed by atoms with Crippen LogP contribution in [0, 0.1) is 13.8 Å². The third-order valence-electron chi connectivity index (χ3n) is 3.45. The van der Waals surface area contributed by atoms with E-state index in [-0.39, 0.29) is 5.78 Å². The number of hydrogen-bond donors (Lipinski definition) is 0. The van der Waals surface area contributed by atoms with Gasteiger partial charge in [-0.2, -0.15) is 5.10 Å². The van der Waals surface area contributed by atoms with E-state index in [2.05, 4.69) is 10.1 Å². The summed E-state index contributed by atoms with van der Waals surface area (Å²) >= 11 is 0. The van der Waals surface area contributed by atoms with Crippen LogP contribution in [0.1, 0.15) is 40.9 Å². The first kappa shape index (κ1) is 13.5. The molecule has 0 amide bonds. The lowest BCUT2D eigenvalue weighted by atomic mass is 10.1. The van der Waals surface area contributed by atoms with Crippen LogP contribution in [-0.4, -0.2) is 25.1 Å². The zero-order valence-corrected chi connectivity index (χ0v) is 12.0. The lowest BCUT2D eigenvalue weighted by molar-refractivity contribution is 0.0987. The predicted molar refractivity (Wildman–Crippen MR) is 73.2 cm³/mol. The summed E-state index contributed by atoms with van der Waals surface area (Å²) in [4.78, 5) is 16.2. The lowest BCUT2D eigenvalue weighted by Crippen LogP contribution is -2.09. The number of aromatic nitrogens is 4. The number of rotatable bonds is 5. The van der Waals surface area contributed by atoms with Gasteiger partial charge in [-0.1, -0.05) is 6.92 Å². The van der Waals surface area contributed by atoms with Gasteiger partial charge in [-0.15, -0.1) is 0 Å². The zero-order chi connectivity index (χ0) is 14.0. The summed E-state index contributed by atoms with van der Waals surface area (Å²) in [5.74, 6) is 1.19. The third kappa shape index (κ3) is 2.59. The van der Waals surface area contributed by atoms with Crippen molar-refractivity contribution in [2.45, 2.75) is 40.2 Å². The van der Waals surface area contributed by atoms with E-state index in [1.165, 1.54) is 0 Å². The van der Waals surface area contributed by atoms with Crippen molar-refractivity contribution in [3.05, 3.63) is 35.2 Å². The number of aryl methyl sites for hydroxylation is 4. The third-order valence-corrected chi connectivity index (χ3v) is 3.45. The number of Topliss-reactive ketones (excluding diaryl/α,β-unsaturated/α-hetero) is 1. The van der Waals surface area contributed by atoms with Crippen LogP contribution in [0.25, 0.3) is 0 Å². The van der Waals surface area contributed by atoms with Gasteiger partial charge in [-0.3, -0.25) is 9.48 Å². The van der Waals surface area contributed by atoms with Crippen LogP contribution in [-0.2, 0) is 20.0 Å². The summed E-state index contributed by atoms with van der Waals surface area (Å²) in [5.41, 5.74) is 2.56. The maximum Gasteiger partial charge on any atom is 0.166 e. The second-order valence-corrected chi connectivity index (χ2v) is 4.75. The van der Waals surface area contributed by atoms with Crippen molar-refractivity contribution < 1.29 is 4.79 Å². The monoisotopic (exact) mass is 260 g/mol. The molecule has 0 atom stereocenters. The van der Waals surface area contributed by atoms with Gasteiger partial charge in [0.05, 0.1) is 11.3 Å². The van der Waals surface area contributed by atoms with Crippen LogP contribution < -0.4 is 0 Å². The van der Waals surface area contributed by atoms with Crippen LogP contribution in [0.4, 0.5) is 0 Å². The molecule has 0 bridgehead atoms. The normalized spacial score (nSPS) is 10.9. The topological polar surface area (TPSA) is 52.7 Å². The summed E-state index contributed by atoms with van der Waals surface area (Å²) in [5, 5.41) is 4.47. The molecule has 0 saturated heterocycles. The van der Waals surface area contributed by atoms with Gasteiger partial charge in [0.15, 0.2) is 5.78 Å². The minimum absolute atomic E-state index is 0.165. The van der Waals surface area contributed by atoms with Crippen molar-refractivity contribution in [3.8, 4) is 0 Å². The molecule has 0 saturated carbocycles. The minimum Gasteiger partial charge on any atom is -0.338 e. The highest BCUT2D eigenvalue weighted by atomic mass is 16.1. The Morgan fingerprint density at radius 1 is 1.37 bits per heavy atom. The van der Waals surface area contributed by atoms with Crippen molar-refractivity contribution >= 4 is 5.78 Å². The number of carbonyl (C=O) groups is 1. The Balaban J connectivity index is 2.18. The second kappa shape index (κ2) is 5.38. The number of hydrogen-bond acceptors (Lipinski definition) is 3. The SMILES string of the molecule is CCC(=O)c1c(C)nn(CCc2nccn2C)c1C. The van der Waals surface area contributed by atoms with Crippen LogP contribution in [0.5, 0.6) is 0 Å². The molecule has 5 heteroatoms. The molecule has 2 rings (SSSR count). The van der Waals surface area contributed by atoms with E-state index in [1.807, 2.05) is 43.3 Å². The quantitative estimate of drug-likeness (QED) is 0.773. The number of imidazole rings is 1. The maximum atomic E-state index is 11.9. The van der Waals surface area contributed by atoms with Crippen molar-refractivity contribution in [2.24, 2.45) is 7.05 Å². The molecular formula is C14H20N4O. The van der Waals surface area contributed by atoms with Gasteiger partial charge in [-0.05, 0) is 13.8 Å². The minimum atomic E-state index is 0.165. The predicted octanol–water partition coefficient (Wildman–Crippen LogP) is 2.07. The summed E-state index contributed by atoms with van der Waals surface area (Å²) in [6.45, 7) is 6.48. The van der Waals surface area contributed by atoms with Crippen LogP contribution in [0.2, 0.25) is 0 Å². The number of ketones is 1. The summed E-state index contributed by atoms with van der Waals surface area (Å²) in [6, 6.07) is 0. The van der Waals surface area contributed by atoms with E-state index in [0.29, 0.717) is 6.42 Å². The molecule has 2 aromatic heterocycles. The summed E-state index contributed by atoms with van der Waals surface area (Å²) in [6.07, 6.45) is 5.06. The molecule has 0 N–H and O–H groups in total. The molecule has 0 fully saturated rings. The van der Waals surface area contributed by atoms with Crippen molar-refractivity contribution in [1.82, 2.24) is 19.3 Å². The van der Waals surface area contributed by atoms with Gasteiger partial charge < -0.3 is 4.57 Å². The van der Waals surface area contributed by atoms with Gasteiger partial charge in [0.25, 0.3) is 0 Å². The van der Waals surface area contributed by atoms with Crippen LogP contribution in [0.3, 0.4) is 0 Å². The lowest BCUT2D eigenvalue weighted by Gasteiger charge is -2.05. The first-order valence-electron chi connectivity index (χ1n) is 6.58. The molecule has 0 aliphatic carbocycles. The number of nitrogens with zero attached hydrogens (tertiary/aromatic N) is 4. The van der Waals surface area contributed by atoms with Gasteiger partial charge in [0.2, 0.25) is 0 Å². The van der Waals surface area contributed by atoms with E-state index >= 15 is 0 Å². The molecule has 0 radical (unpaired) electrons. The molecule has 0 spiro atoms. The summed E-state index contributed by atoms with van der Waals surface area (Å²) in [7, 11) is 1.98. The Morgan fingerprint density at radius 3 is 2.68 bits per heavy atom. The largest absolute Gasteiger partial charge is 0.338 e. The van der Waals surface area contributed by atoms with E-state index in [1.54, 1.807) is 6.20 Å². The maximum absolute atomic E-state index is 11.9. The Hall–Kier alpha value is -1.91. The van der Waals surface area contributed by atoms with Crippen LogP contribution >= 0.6 is 0 Å². The number of carbonyl (C=O) groups excluding carboxylic acids is 1. The van der Waals surface area contributed by atoms with Gasteiger partial charge in [-0.25, -0.2) is 4.98 Å². The second-order valence-electron chi connectivity index (χ2n) is 4.75. The molecule has 0 aliphatic heterocycles. The molecule has 5 nitrogen and oxygen atoms in total. The fourth-order valence-electron chi connectivity index (χ4n) is 2.34. The highest BCUT2D eigenvalue weighted by molar-refractivity contribution is 5.97. The molecule has 2 aromatic rings. The molecule has 19 heavy (non-hydrogen) atoms. The zero-order valence-electron chi connectivity index (χ0n) is 12.0. The van der Waals surface area contributed by atoms with E-state index in [0.717, 1.165) is 35.7 Å². The fraction of sp³-hybridized carbons (Fsp3) is 0.500. The first-order chi connectivity index (χ1) is 9.04. The van der Waals surface area contributed by atoms with Gasteiger partial charge in [0.1, 0.15) is 5.82 Å². The Labute approximate surface area is 113 Å². The van der Waals surface area contributed by atoms with E-state index in [4.69, 9.17) is 0 Å². The first-order valence-corrected chi connectivity index (χ1v) is 6.58. The van der Waals surface area contributed by atoms with Gasteiger partial charge >= 0.3 is 0 Å². The van der Waals surface area contributed by atoms with Crippen molar-refractivity contribution in [1.29, 1.82) is 0 Å². The Bertz CT molecular complexity index is 595. The molecule has 0 aliphatic rings. The highest BCUT2D eigenvalue weighted by Crippen LogP contribution is 2.15. The van der Waals surface area contributed by atoms with E-state index in [9.17, 15) is 4.79 Å². The van der Waals surface area contributed by atoms with Gasteiger partial charge in [0, 0.05) is 44.5 Å². The standard InChI is InChI=1S/C14H20N4O/c1-5-12(19)14-10(2)16-18(11(14)3)8-6-13-15-7-9-17(13)4/h7,9H,5-6,8H2,1-4H3. The fourth-order valence-corrected chi connectivity index (χ4v) is 2.34. The molecule has 0 aromatic carbocycles. The Kier molecular flexibility index (Phi) is 3.83. The average Bonchev–Trinajstić information content (AvgIpc) is 2.90. The Morgan fingerprint density at radius 2 is 2.11 bits per heavy atom. The molecule has 102 valence electrons. The molecular weight excluding hydrogens is 240 g/mol. The average molecular weight is 260 g/mol.